The number of fused-ring (bicyclic) bond motifs is 2. The highest BCUT2D eigenvalue weighted by atomic mass is 16.4. The van der Waals surface area contributed by atoms with Gasteiger partial charge in [-0.15, -0.1) is 0 Å². The van der Waals surface area contributed by atoms with Gasteiger partial charge < -0.3 is 19.8 Å². The normalized spacial score (nSPS) is 20.1. The third-order valence-corrected chi connectivity index (χ3v) is 7.66. The molecule has 1 unspecified atom stereocenters. The topological polar surface area (TPSA) is 84.4 Å². The number of carboxylic acids is 1. The molecule has 2 aliphatic heterocycles. The number of urea groups is 2. The first-order valence-corrected chi connectivity index (χ1v) is 13.4. The van der Waals surface area contributed by atoms with Crippen LogP contribution in [0.3, 0.4) is 0 Å². The molecule has 8 heteroatoms. The van der Waals surface area contributed by atoms with Crippen LogP contribution in [-0.4, -0.2) is 68.5 Å². The van der Waals surface area contributed by atoms with Crippen molar-refractivity contribution in [3.8, 4) is 0 Å². The van der Waals surface area contributed by atoms with Gasteiger partial charge in [-0.05, 0) is 56.5 Å². The fraction of sp³-hybridized carbons (Fsp3) is 0.323. The zero-order chi connectivity index (χ0) is 27.5. The zero-order valence-corrected chi connectivity index (χ0v) is 22.3. The summed E-state index contributed by atoms with van der Waals surface area (Å²) in [5, 5.41) is 10.4. The van der Waals surface area contributed by atoms with E-state index in [1.165, 1.54) is 4.90 Å². The highest BCUT2D eigenvalue weighted by Crippen LogP contribution is 2.38. The molecule has 202 valence electrons. The molecule has 39 heavy (non-hydrogen) atoms. The predicted octanol–water partition coefficient (Wildman–Crippen LogP) is 5.58. The van der Waals surface area contributed by atoms with Crippen molar-refractivity contribution >= 4 is 29.4 Å². The first kappa shape index (κ1) is 26.3. The standard InChI is InChI=1S/C31H34N4O4/c1-22(2)32(20-23-12-6-3-7-13-23)30(38)35-26-18-19-27(35)28(29(36)37)33(21-26)31(39)34(24-14-8-4-9-15-24)25-16-10-5-11-17-25/h3-17,22,26-28H,18-21H2,1-2H3,(H,36,37)/t26?,27-,28+/m1/s1. The Hall–Kier alpha value is -4.33. The third kappa shape index (κ3) is 5.19. The van der Waals surface area contributed by atoms with Crippen LogP contribution in [0.25, 0.3) is 0 Å². The van der Waals surface area contributed by atoms with Gasteiger partial charge in [-0.1, -0.05) is 66.7 Å². The van der Waals surface area contributed by atoms with Crippen LogP contribution in [0.5, 0.6) is 0 Å². The number of amides is 4. The van der Waals surface area contributed by atoms with Crippen LogP contribution in [-0.2, 0) is 11.3 Å². The smallest absolute Gasteiger partial charge is 0.329 e. The zero-order valence-electron chi connectivity index (χ0n) is 22.3. The molecule has 0 saturated carbocycles. The van der Waals surface area contributed by atoms with Crippen LogP contribution in [0, 0.1) is 0 Å². The van der Waals surface area contributed by atoms with Crippen molar-refractivity contribution in [3.63, 3.8) is 0 Å². The van der Waals surface area contributed by atoms with E-state index in [9.17, 15) is 19.5 Å². The SMILES string of the molecule is CC(C)N(Cc1ccccc1)C(=O)N1C2CC[C@@H]1[C@@H](C(=O)O)N(C(=O)N(c1ccccc1)c1ccccc1)C2. The highest BCUT2D eigenvalue weighted by molar-refractivity contribution is 6.01. The Bertz CT molecular complexity index is 1260. The highest BCUT2D eigenvalue weighted by Gasteiger charge is 2.54. The molecule has 2 bridgehead atoms. The number of para-hydroxylation sites is 2. The molecule has 5 rings (SSSR count). The molecule has 0 aromatic heterocycles. The number of hydrogen-bond acceptors (Lipinski definition) is 3. The van der Waals surface area contributed by atoms with Crippen LogP contribution in [0.15, 0.2) is 91.0 Å². The summed E-state index contributed by atoms with van der Waals surface area (Å²) in [5.74, 6) is -1.10. The number of benzene rings is 3. The molecule has 0 aliphatic carbocycles. The van der Waals surface area contributed by atoms with E-state index in [0.717, 1.165) is 5.56 Å². The van der Waals surface area contributed by atoms with Gasteiger partial charge in [0.1, 0.15) is 0 Å². The molecule has 3 atom stereocenters. The molecular weight excluding hydrogens is 492 g/mol. The van der Waals surface area contributed by atoms with E-state index >= 15 is 0 Å². The third-order valence-electron chi connectivity index (χ3n) is 7.66. The molecule has 2 heterocycles. The molecular formula is C31H34N4O4. The minimum absolute atomic E-state index is 0.0771. The Morgan fingerprint density at radius 3 is 1.87 bits per heavy atom. The summed E-state index contributed by atoms with van der Waals surface area (Å²) in [4.78, 5) is 47.4. The lowest BCUT2D eigenvalue weighted by Gasteiger charge is -2.47. The molecule has 0 radical (unpaired) electrons. The average molecular weight is 527 g/mol. The predicted molar refractivity (Wildman–Crippen MR) is 150 cm³/mol. The number of aliphatic carboxylic acids is 1. The van der Waals surface area contributed by atoms with E-state index < -0.39 is 24.1 Å². The number of carbonyl (C=O) groups is 3. The van der Waals surface area contributed by atoms with Gasteiger partial charge in [0.05, 0.1) is 23.5 Å². The summed E-state index contributed by atoms with van der Waals surface area (Å²) in [6.07, 6.45) is 1.18. The van der Waals surface area contributed by atoms with Crippen molar-refractivity contribution in [2.75, 3.05) is 11.4 Å². The molecule has 0 spiro atoms. The Balaban J connectivity index is 1.46. The molecule has 2 fully saturated rings. The maximum absolute atomic E-state index is 14.2. The van der Waals surface area contributed by atoms with E-state index in [1.807, 2.05) is 105 Å². The minimum atomic E-state index is -1.15. The first-order chi connectivity index (χ1) is 18.9. The lowest BCUT2D eigenvalue weighted by molar-refractivity contribution is -0.145. The molecule has 1 N–H and O–H groups in total. The van der Waals surface area contributed by atoms with Gasteiger partial charge in [0.25, 0.3) is 0 Å². The number of carbonyl (C=O) groups excluding carboxylic acids is 2. The van der Waals surface area contributed by atoms with Gasteiger partial charge in [0.2, 0.25) is 0 Å². The van der Waals surface area contributed by atoms with E-state index in [4.69, 9.17) is 0 Å². The summed E-state index contributed by atoms with van der Waals surface area (Å²) < 4.78 is 0. The molecule has 3 aromatic carbocycles. The Morgan fingerprint density at radius 2 is 1.36 bits per heavy atom. The van der Waals surface area contributed by atoms with E-state index in [-0.39, 0.29) is 24.7 Å². The number of nitrogens with zero attached hydrogens (tertiary/aromatic N) is 4. The van der Waals surface area contributed by atoms with Crippen LogP contribution in [0.2, 0.25) is 0 Å². The fourth-order valence-electron chi connectivity index (χ4n) is 5.79. The lowest BCUT2D eigenvalue weighted by atomic mass is 10.0. The molecule has 2 saturated heterocycles. The number of anilines is 2. The van der Waals surface area contributed by atoms with Crippen molar-refractivity contribution in [1.82, 2.24) is 14.7 Å². The quantitative estimate of drug-likeness (QED) is 0.455. The molecule has 4 amide bonds. The van der Waals surface area contributed by atoms with E-state index in [0.29, 0.717) is 30.8 Å². The summed E-state index contributed by atoms with van der Waals surface area (Å²) in [6.45, 7) is 4.53. The number of rotatable bonds is 6. The first-order valence-electron chi connectivity index (χ1n) is 13.4. The molecule has 8 nitrogen and oxygen atoms in total. The summed E-state index contributed by atoms with van der Waals surface area (Å²) in [6, 6.07) is 25.6. The van der Waals surface area contributed by atoms with Crippen molar-refractivity contribution in [1.29, 1.82) is 0 Å². The molecule has 2 aliphatic rings. The van der Waals surface area contributed by atoms with Crippen LogP contribution >= 0.6 is 0 Å². The summed E-state index contributed by atoms with van der Waals surface area (Å²) in [7, 11) is 0. The maximum atomic E-state index is 14.2. The Kier molecular flexibility index (Phi) is 7.54. The number of hydrogen-bond donors (Lipinski definition) is 1. The number of likely N-dealkylation sites (tertiary alicyclic amines) is 1. The Morgan fingerprint density at radius 1 is 0.821 bits per heavy atom. The van der Waals surface area contributed by atoms with Crippen molar-refractivity contribution < 1.29 is 19.5 Å². The number of carboxylic acid groups (broad SMARTS) is 1. The van der Waals surface area contributed by atoms with Crippen molar-refractivity contribution in [3.05, 3.63) is 96.6 Å². The average Bonchev–Trinajstić information content (AvgIpc) is 3.25. The van der Waals surface area contributed by atoms with E-state index in [2.05, 4.69) is 0 Å². The lowest BCUT2D eigenvalue weighted by Crippen LogP contribution is -2.67. The van der Waals surface area contributed by atoms with Gasteiger partial charge in [0.15, 0.2) is 6.04 Å². The molecule has 3 aromatic rings. The monoisotopic (exact) mass is 526 g/mol. The van der Waals surface area contributed by atoms with E-state index in [1.54, 1.807) is 14.7 Å². The van der Waals surface area contributed by atoms with Gasteiger partial charge in [0, 0.05) is 19.1 Å². The van der Waals surface area contributed by atoms with Crippen molar-refractivity contribution in [2.24, 2.45) is 0 Å². The second kappa shape index (κ2) is 11.2. The summed E-state index contributed by atoms with van der Waals surface area (Å²) in [5.41, 5.74) is 2.31. The van der Waals surface area contributed by atoms with Gasteiger partial charge >= 0.3 is 18.0 Å². The second-order valence-electron chi connectivity index (χ2n) is 10.4. The van der Waals surface area contributed by atoms with Crippen LogP contribution < -0.4 is 4.90 Å². The fourth-order valence-corrected chi connectivity index (χ4v) is 5.79. The van der Waals surface area contributed by atoms with Crippen LogP contribution in [0.4, 0.5) is 21.0 Å². The second-order valence-corrected chi connectivity index (χ2v) is 10.4. The van der Waals surface area contributed by atoms with Crippen molar-refractivity contribution in [2.45, 2.75) is 57.4 Å². The minimum Gasteiger partial charge on any atom is -0.480 e. The Labute approximate surface area is 229 Å². The van der Waals surface area contributed by atoms with Gasteiger partial charge in [-0.3, -0.25) is 4.90 Å². The van der Waals surface area contributed by atoms with Crippen LogP contribution in [0.1, 0.15) is 32.3 Å². The van der Waals surface area contributed by atoms with Gasteiger partial charge in [-0.2, -0.15) is 0 Å². The maximum Gasteiger partial charge on any atom is 0.329 e. The number of piperazine rings is 1. The largest absolute Gasteiger partial charge is 0.480 e. The summed E-state index contributed by atoms with van der Waals surface area (Å²) >= 11 is 0. The van der Waals surface area contributed by atoms with Gasteiger partial charge in [-0.25, -0.2) is 14.4 Å².